The highest BCUT2D eigenvalue weighted by Gasteiger charge is 2.09. The third-order valence-electron chi connectivity index (χ3n) is 1.76. The SMILES string of the molecule is CNC(=O)NC(C)c1ccc(C)s1. The van der Waals surface area contributed by atoms with Crippen LogP contribution in [0.15, 0.2) is 12.1 Å². The summed E-state index contributed by atoms with van der Waals surface area (Å²) in [5.41, 5.74) is 0. The van der Waals surface area contributed by atoms with Crippen LogP contribution in [0.5, 0.6) is 0 Å². The van der Waals surface area contributed by atoms with Crippen molar-refractivity contribution < 1.29 is 4.79 Å². The van der Waals surface area contributed by atoms with E-state index in [1.54, 1.807) is 18.4 Å². The Morgan fingerprint density at radius 1 is 1.54 bits per heavy atom. The normalized spacial score (nSPS) is 12.2. The second kappa shape index (κ2) is 4.28. The molecule has 1 aromatic heterocycles. The topological polar surface area (TPSA) is 41.1 Å². The van der Waals surface area contributed by atoms with Gasteiger partial charge in [-0.1, -0.05) is 0 Å². The van der Waals surface area contributed by atoms with Gasteiger partial charge in [0.15, 0.2) is 0 Å². The van der Waals surface area contributed by atoms with E-state index in [1.165, 1.54) is 9.75 Å². The quantitative estimate of drug-likeness (QED) is 0.750. The van der Waals surface area contributed by atoms with Gasteiger partial charge in [0.1, 0.15) is 0 Å². The molecule has 1 aromatic rings. The van der Waals surface area contributed by atoms with Crippen molar-refractivity contribution in [3.63, 3.8) is 0 Å². The van der Waals surface area contributed by atoms with Gasteiger partial charge < -0.3 is 10.6 Å². The average molecular weight is 198 g/mol. The Balaban J connectivity index is 2.58. The fourth-order valence-corrected chi connectivity index (χ4v) is 1.91. The molecular formula is C9H14N2OS. The summed E-state index contributed by atoms with van der Waals surface area (Å²) < 4.78 is 0. The lowest BCUT2D eigenvalue weighted by atomic mass is 10.3. The molecule has 0 bridgehead atoms. The lowest BCUT2D eigenvalue weighted by molar-refractivity contribution is 0.240. The van der Waals surface area contributed by atoms with Gasteiger partial charge in [-0.3, -0.25) is 0 Å². The van der Waals surface area contributed by atoms with Crippen LogP contribution in [0.1, 0.15) is 22.7 Å². The second-order valence-corrected chi connectivity index (χ2v) is 4.21. The lowest BCUT2D eigenvalue weighted by Gasteiger charge is -2.10. The van der Waals surface area contributed by atoms with Crippen LogP contribution in [0.4, 0.5) is 4.79 Å². The first-order valence-electron chi connectivity index (χ1n) is 4.18. The van der Waals surface area contributed by atoms with Crippen molar-refractivity contribution in [2.45, 2.75) is 19.9 Å². The summed E-state index contributed by atoms with van der Waals surface area (Å²) in [6.45, 7) is 4.03. The molecule has 0 aliphatic rings. The summed E-state index contributed by atoms with van der Waals surface area (Å²) in [7, 11) is 1.61. The van der Waals surface area contributed by atoms with Crippen molar-refractivity contribution in [3.8, 4) is 0 Å². The zero-order valence-corrected chi connectivity index (χ0v) is 8.87. The molecule has 2 N–H and O–H groups in total. The zero-order chi connectivity index (χ0) is 9.84. The minimum absolute atomic E-state index is 0.0821. The van der Waals surface area contributed by atoms with Gasteiger partial charge in [0.05, 0.1) is 6.04 Å². The molecule has 0 saturated heterocycles. The summed E-state index contributed by atoms with van der Waals surface area (Å²) in [6.07, 6.45) is 0. The molecule has 13 heavy (non-hydrogen) atoms. The van der Waals surface area contributed by atoms with Gasteiger partial charge in [-0.25, -0.2) is 4.79 Å². The number of urea groups is 1. The highest BCUT2D eigenvalue weighted by atomic mass is 32.1. The molecule has 0 aromatic carbocycles. The first-order chi connectivity index (χ1) is 6.13. The molecule has 0 spiro atoms. The van der Waals surface area contributed by atoms with Crippen LogP contribution < -0.4 is 10.6 Å². The van der Waals surface area contributed by atoms with E-state index in [0.717, 1.165) is 0 Å². The third-order valence-corrected chi connectivity index (χ3v) is 2.95. The van der Waals surface area contributed by atoms with E-state index in [0.29, 0.717) is 0 Å². The molecular weight excluding hydrogens is 184 g/mol. The number of carbonyl (C=O) groups excluding carboxylic acids is 1. The summed E-state index contributed by atoms with van der Waals surface area (Å²) in [5.74, 6) is 0. The fourth-order valence-electron chi connectivity index (χ4n) is 1.03. The Kier molecular flexibility index (Phi) is 3.31. The number of nitrogens with one attached hydrogen (secondary N) is 2. The van der Waals surface area contributed by atoms with E-state index in [2.05, 4.69) is 23.6 Å². The van der Waals surface area contributed by atoms with Crippen molar-refractivity contribution in [1.82, 2.24) is 10.6 Å². The molecule has 1 unspecified atom stereocenters. The van der Waals surface area contributed by atoms with Gasteiger partial charge in [0.2, 0.25) is 0 Å². The smallest absolute Gasteiger partial charge is 0.315 e. The summed E-state index contributed by atoms with van der Waals surface area (Å²) in [6, 6.07) is 4.04. The highest BCUT2D eigenvalue weighted by Crippen LogP contribution is 2.21. The Hall–Kier alpha value is -1.03. The maximum atomic E-state index is 11.0. The molecule has 72 valence electrons. The molecule has 4 heteroatoms. The van der Waals surface area contributed by atoms with Gasteiger partial charge in [0, 0.05) is 16.8 Å². The number of thiophene rings is 1. The van der Waals surface area contributed by atoms with E-state index in [9.17, 15) is 4.79 Å². The first kappa shape index (κ1) is 10.1. The number of amides is 2. The second-order valence-electron chi connectivity index (χ2n) is 2.89. The van der Waals surface area contributed by atoms with Gasteiger partial charge in [-0.05, 0) is 26.0 Å². The third kappa shape index (κ3) is 2.73. The van der Waals surface area contributed by atoms with E-state index < -0.39 is 0 Å². The minimum atomic E-state index is -0.140. The number of aryl methyl sites for hydroxylation is 1. The van der Waals surface area contributed by atoms with Crippen molar-refractivity contribution in [1.29, 1.82) is 0 Å². The molecule has 0 aliphatic carbocycles. The highest BCUT2D eigenvalue weighted by molar-refractivity contribution is 7.12. The molecule has 1 atom stereocenters. The van der Waals surface area contributed by atoms with Crippen LogP contribution in [0.25, 0.3) is 0 Å². The van der Waals surface area contributed by atoms with Crippen molar-refractivity contribution in [2.75, 3.05) is 7.05 Å². The van der Waals surface area contributed by atoms with Crippen LogP contribution in [-0.4, -0.2) is 13.1 Å². The van der Waals surface area contributed by atoms with Crippen LogP contribution in [-0.2, 0) is 0 Å². The summed E-state index contributed by atoms with van der Waals surface area (Å²) in [4.78, 5) is 13.4. The van der Waals surface area contributed by atoms with Gasteiger partial charge in [-0.2, -0.15) is 0 Å². The lowest BCUT2D eigenvalue weighted by Crippen LogP contribution is -2.34. The number of hydrogen-bond donors (Lipinski definition) is 2. The van der Waals surface area contributed by atoms with E-state index in [4.69, 9.17) is 0 Å². The van der Waals surface area contributed by atoms with Gasteiger partial charge in [0.25, 0.3) is 0 Å². The van der Waals surface area contributed by atoms with Crippen LogP contribution >= 0.6 is 11.3 Å². The van der Waals surface area contributed by atoms with Crippen molar-refractivity contribution in [2.24, 2.45) is 0 Å². The Bertz CT molecular complexity index is 296. The van der Waals surface area contributed by atoms with Crippen LogP contribution in [0, 0.1) is 6.92 Å². The molecule has 1 heterocycles. The first-order valence-corrected chi connectivity index (χ1v) is 4.99. The summed E-state index contributed by atoms with van der Waals surface area (Å²) >= 11 is 1.71. The Morgan fingerprint density at radius 3 is 2.69 bits per heavy atom. The van der Waals surface area contributed by atoms with E-state index in [-0.39, 0.29) is 12.1 Å². The maximum absolute atomic E-state index is 11.0. The largest absolute Gasteiger partial charge is 0.341 e. The molecule has 0 saturated carbocycles. The molecule has 0 radical (unpaired) electrons. The molecule has 2 amide bonds. The minimum Gasteiger partial charge on any atom is -0.341 e. The van der Waals surface area contributed by atoms with E-state index in [1.807, 2.05) is 13.0 Å². The predicted octanol–water partition coefficient (Wildman–Crippen LogP) is 2.05. The van der Waals surface area contributed by atoms with Gasteiger partial charge >= 0.3 is 6.03 Å². The fraction of sp³-hybridized carbons (Fsp3) is 0.444. The van der Waals surface area contributed by atoms with Crippen molar-refractivity contribution in [3.05, 3.63) is 21.9 Å². The monoisotopic (exact) mass is 198 g/mol. The number of hydrogen-bond acceptors (Lipinski definition) is 2. The van der Waals surface area contributed by atoms with Crippen molar-refractivity contribution >= 4 is 17.4 Å². The molecule has 1 rings (SSSR count). The van der Waals surface area contributed by atoms with E-state index >= 15 is 0 Å². The standard InChI is InChI=1S/C9H14N2OS/c1-6-4-5-8(13-6)7(2)11-9(12)10-3/h4-5,7H,1-3H3,(H2,10,11,12). The summed E-state index contributed by atoms with van der Waals surface area (Å²) in [5, 5.41) is 5.35. The maximum Gasteiger partial charge on any atom is 0.315 e. The molecule has 0 fully saturated rings. The van der Waals surface area contributed by atoms with Crippen LogP contribution in [0.3, 0.4) is 0 Å². The zero-order valence-electron chi connectivity index (χ0n) is 8.05. The number of rotatable bonds is 2. The van der Waals surface area contributed by atoms with Crippen LogP contribution in [0.2, 0.25) is 0 Å². The number of carbonyl (C=O) groups is 1. The predicted molar refractivity (Wildman–Crippen MR) is 55.1 cm³/mol. The molecule has 0 aliphatic heterocycles. The Labute approximate surface area is 82.2 Å². The molecule has 3 nitrogen and oxygen atoms in total. The average Bonchev–Trinajstić information content (AvgIpc) is 2.51. The van der Waals surface area contributed by atoms with Gasteiger partial charge in [-0.15, -0.1) is 11.3 Å². The Morgan fingerprint density at radius 2 is 2.23 bits per heavy atom.